The van der Waals surface area contributed by atoms with Gasteiger partial charge < -0.3 is 5.32 Å². The van der Waals surface area contributed by atoms with Crippen LogP contribution in [0.15, 0.2) is 6.20 Å². The van der Waals surface area contributed by atoms with E-state index < -0.39 is 0 Å². The first-order valence-corrected chi connectivity index (χ1v) is 5.98. The van der Waals surface area contributed by atoms with E-state index in [9.17, 15) is 0 Å². The van der Waals surface area contributed by atoms with Crippen molar-refractivity contribution < 1.29 is 0 Å². The second-order valence-corrected chi connectivity index (χ2v) is 5.59. The third-order valence-corrected chi connectivity index (χ3v) is 2.60. The van der Waals surface area contributed by atoms with Crippen LogP contribution in [0.5, 0.6) is 0 Å². The van der Waals surface area contributed by atoms with Gasteiger partial charge in [-0.1, -0.05) is 20.8 Å². The molecular formula is C13H22N4. The highest BCUT2D eigenvalue weighted by molar-refractivity contribution is 5.23. The van der Waals surface area contributed by atoms with Crippen LogP contribution in [0.4, 0.5) is 0 Å². The van der Waals surface area contributed by atoms with E-state index in [4.69, 9.17) is 5.26 Å². The fraction of sp³-hybridized carbons (Fsp3) is 0.692. The van der Waals surface area contributed by atoms with Gasteiger partial charge in [0.05, 0.1) is 17.7 Å². The Labute approximate surface area is 104 Å². The summed E-state index contributed by atoms with van der Waals surface area (Å²) in [6, 6.07) is 2.22. The lowest BCUT2D eigenvalue weighted by Gasteiger charge is -2.17. The summed E-state index contributed by atoms with van der Waals surface area (Å²) >= 11 is 0. The average Bonchev–Trinajstić information content (AvgIpc) is 2.59. The molecule has 1 heterocycles. The second-order valence-electron chi connectivity index (χ2n) is 5.59. The molecule has 0 radical (unpaired) electrons. The molecule has 0 bridgehead atoms. The van der Waals surface area contributed by atoms with Crippen molar-refractivity contribution in [2.24, 2.45) is 13.0 Å². The summed E-state index contributed by atoms with van der Waals surface area (Å²) in [5.74, 6) is 0.0461. The van der Waals surface area contributed by atoms with Crippen LogP contribution < -0.4 is 5.32 Å². The molecule has 0 saturated heterocycles. The lowest BCUT2D eigenvalue weighted by Crippen LogP contribution is -2.22. The van der Waals surface area contributed by atoms with E-state index in [1.165, 1.54) is 5.56 Å². The van der Waals surface area contributed by atoms with Crippen LogP contribution in [-0.4, -0.2) is 16.3 Å². The first kappa shape index (κ1) is 13.7. The number of aryl methyl sites for hydroxylation is 1. The lowest BCUT2D eigenvalue weighted by molar-refractivity contribution is 0.539. The molecule has 0 fully saturated rings. The number of nitrogens with one attached hydrogen (secondary N) is 1. The molecule has 1 aromatic heterocycles. The van der Waals surface area contributed by atoms with Crippen molar-refractivity contribution in [1.29, 1.82) is 5.26 Å². The van der Waals surface area contributed by atoms with Gasteiger partial charge in [-0.3, -0.25) is 4.68 Å². The lowest BCUT2D eigenvalue weighted by atomic mass is 9.89. The Bertz CT molecular complexity index is 406. The molecule has 1 rings (SSSR count). The quantitative estimate of drug-likeness (QED) is 0.866. The summed E-state index contributed by atoms with van der Waals surface area (Å²) in [5.41, 5.74) is 2.39. The Morgan fingerprint density at radius 2 is 2.18 bits per heavy atom. The van der Waals surface area contributed by atoms with Gasteiger partial charge in [-0.2, -0.15) is 10.4 Å². The highest BCUT2D eigenvalue weighted by atomic mass is 15.3. The maximum Gasteiger partial charge on any atom is 0.0722 e. The van der Waals surface area contributed by atoms with Crippen molar-refractivity contribution in [3.63, 3.8) is 0 Å². The average molecular weight is 234 g/mol. The SMILES string of the molecule is CC(C#N)CNCc1cn(C)nc1C(C)(C)C. The van der Waals surface area contributed by atoms with Crippen molar-refractivity contribution in [3.05, 3.63) is 17.5 Å². The molecule has 0 amide bonds. The zero-order valence-electron chi connectivity index (χ0n) is 11.4. The molecule has 0 aromatic carbocycles. The Hall–Kier alpha value is -1.34. The van der Waals surface area contributed by atoms with Crippen molar-refractivity contribution >= 4 is 0 Å². The summed E-state index contributed by atoms with van der Waals surface area (Å²) in [6.45, 7) is 9.90. The maximum atomic E-state index is 8.71. The first-order chi connectivity index (χ1) is 7.84. The molecule has 4 nitrogen and oxygen atoms in total. The molecule has 0 spiro atoms. The third-order valence-electron chi connectivity index (χ3n) is 2.60. The molecule has 1 atom stereocenters. The topological polar surface area (TPSA) is 53.6 Å². The molecule has 94 valence electrons. The smallest absolute Gasteiger partial charge is 0.0722 e. The van der Waals surface area contributed by atoms with E-state index in [1.807, 2.05) is 24.9 Å². The highest BCUT2D eigenvalue weighted by Crippen LogP contribution is 2.23. The van der Waals surface area contributed by atoms with E-state index in [1.54, 1.807) is 0 Å². The van der Waals surface area contributed by atoms with Crippen LogP contribution in [0, 0.1) is 17.2 Å². The molecule has 0 aliphatic carbocycles. The first-order valence-electron chi connectivity index (χ1n) is 5.98. The summed E-state index contributed by atoms with van der Waals surface area (Å²) < 4.78 is 1.85. The molecule has 4 heteroatoms. The number of hydrogen-bond donors (Lipinski definition) is 1. The second kappa shape index (κ2) is 5.33. The monoisotopic (exact) mass is 234 g/mol. The molecule has 0 aliphatic rings. The Balaban J connectivity index is 2.69. The van der Waals surface area contributed by atoms with E-state index in [-0.39, 0.29) is 11.3 Å². The van der Waals surface area contributed by atoms with E-state index >= 15 is 0 Å². The number of aromatic nitrogens is 2. The predicted octanol–water partition coefficient (Wildman–Crippen LogP) is 1.97. The van der Waals surface area contributed by atoms with Crippen molar-refractivity contribution in [1.82, 2.24) is 15.1 Å². The maximum absolute atomic E-state index is 8.71. The van der Waals surface area contributed by atoms with Gasteiger partial charge in [-0.15, -0.1) is 0 Å². The van der Waals surface area contributed by atoms with Crippen molar-refractivity contribution in [2.75, 3.05) is 6.54 Å². The minimum atomic E-state index is 0.0461. The van der Waals surface area contributed by atoms with Gasteiger partial charge >= 0.3 is 0 Å². The van der Waals surface area contributed by atoms with Gasteiger partial charge in [0.25, 0.3) is 0 Å². The highest BCUT2D eigenvalue weighted by Gasteiger charge is 2.21. The van der Waals surface area contributed by atoms with Gasteiger partial charge in [0.15, 0.2) is 0 Å². The molecule has 17 heavy (non-hydrogen) atoms. The number of hydrogen-bond acceptors (Lipinski definition) is 3. The fourth-order valence-electron chi connectivity index (χ4n) is 1.77. The normalized spacial score (nSPS) is 13.4. The van der Waals surface area contributed by atoms with Crippen molar-refractivity contribution in [2.45, 2.75) is 39.7 Å². The van der Waals surface area contributed by atoms with Gasteiger partial charge in [0.1, 0.15) is 0 Å². The summed E-state index contributed by atoms with van der Waals surface area (Å²) in [6.07, 6.45) is 2.05. The van der Waals surface area contributed by atoms with Crippen molar-refractivity contribution in [3.8, 4) is 6.07 Å². The van der Waals surface area contributed by atoms with Gasteiger partial charge in [-0.05, 0) is 6.92 Å². The number of nitrogens with zero attached hydrogens (tertiary/aromatic N) is 3. The zero-order chi connectivity index (χ0) is 13.1. The van der Waals surface area contributed by atoms with Crippen LogP contribution in [-0.2, 0) is 19.0 Å². The molecule has 0 saturated carbocycles. The van der Waals surface area contributed by atoms with E-state index in [2.05, 4.69) is 37.3 Å². The van der Waals surface area contributed by atoms with Crippen LogP contribution in [0.25, 0.3) is 0 Å². The number of nitriles is 1. The van der Waals surface area contributed by atoms with Crippen LogP contribution in [0.2, 0.25) is 0 Å². The number of rotatable bonds is 4. The zero-order valence-corrected chi connectivity index (χ0v) is 11.4. The summed E-state index contributed by atoms with van der Waals surface area (Å²) in [5, 5.41) is 16.5. The Kier molecular flexibility index (Phi) is 4.30. The Morgan fingerprint density at radius 3 is 2.71 bits per heavy atom. The predicted molar refractivity (Wildman–Crippen MR) is 68.4 cm³/mol. The van der Waals surface area contributed by atoms with Crippen LogP contribution in [0.3, 0.4) is 0 Å². The van der Waals surface area contributed by atoms with Gasteiger partial charge in [-0.25, -0.2) is 0 Å². The largest absolute Gasteiger partial charge is 0.311 e. The summed E-state index contributed by atoms with van der Waals surface area (Å²) in [4.78, 5) is 0. The Morgan fingerprint density at radius 1 is 1.53 bits per heavy atom. The van der Waals surface area contributed by atoms with E-state index in [0.717, 1.165) is 18.8 Å². The molecule has 0 aliphatic heterocycles. The third kappa shape index (κ3) is 3.86. The molecule has 1 unspecified atom stereocenters. The van der Waals surface area contributed by atoms with Gasteiger partial charge in [0, 0.05) is 37.3 Å². The minimum Gasteiger partial charge on any atom is -0.311 e. The van der Waals surface area contributed by atoms with Gasteiger partial charge in [0.2, 0.25) is 0 Å². The fourth-order valence-corrected chi connectivity index (χ4v) is 1.77. The van der Waals surface area contributed by atoms with Crippen LogP contribution >= 0.6 is 0 Å². The van der Waals surface area contributed by atoms with E-state index in [0.29, 0.717) is 0 Å². The molecule has 1 aromatic rings. The standard InChI is InChI=1S/C13H22N4/c1-10(6-14)7-15-8-11-9-17(5)16-12(11)13(2,3)4/h9-10,15H,7-8H2,1-5H3. The summed E-state index contributed by atoms with van der Waals surface area (Å²) in [7, 11) is 1.94. The molecular weight excluding hydrogens is 212 g/mol. The minimum absolute atomic E-state index is 0.0461. The molecule has 1 N–H and O–H groups in total. The van der Waals surface area contributed by atoms with Crippen LogP contribution in [0.1, 0.15) is 39.0 Å².